The van der Waals surface area contributed by atoms with Crippen molar-refractivity contribution in [2.45, 2.75) is 68.9 Å². The summed E-state index contributed by atoms with van der Waals surface area (Å²) < 4.78 is 15.2. The van der Waals surface area contributed by atoms with Crippen molar-refractivity contribution in [1.29, 1.82) is 0 Å². The van der Waals surface area contributed by atoms with Crippen LogP contribution in [-0.2, 0) is 23.8 Å². The predicted molar refractivity (Wildman–Crippen MR) is 99.3 cm³/mol. The molecule has 1 atom stereocenters. The summed E-state index contributed by atoms with van der Waals surface area (Å²) in [5.74, 6) is -0.716. The molecule has 2 N–H and O–H groups in total. The Bertz CT molecular complexity index is 466. The molecule has 1 unspecified atom stereocenters. The Kier molecular flexibility index (Phi) is 9.12. The third-order valence-electron chi connectivity index (χ3n) is 3.78. The van der Waals surface area contributed by atoms with E-state index in [2.05, 4.69) is 0 Å². The molecule has 1 fully saturated rings. The highest BCUT2D eigenvalue weighted by Gasteiger charge is 2.31. The van der Waals surface area contributed by atoms with Crippen LogP contribution in [0, 0.1) is 5.92 Å². The van der Waals surface area contributed by atoms with Gasteiger partial charge in [-0.15, -0.1) is 0 Å². The average Bonchev–Trinajstić information content (AvgIpc) is 2.49. The van der Waals surface area contributed by atoms with Crippen molar-refractivity contribution < 1.29 is 33.9 Å². The highest BCUT2D eigenvalue weighted by Crippen LogP contribution is 2.24. The molecule has 0 saturated heterocycles. The zero-order chi connectivity index (χ0) is 19.0. The predicted octanol–water partition coefficient (Wildman–Crippen LogP) is 1.95. The van der Waals surface area contributed by atoms with Gasteiger partial charge in [-0.25, -0.2) is 5.32 Å². The van der Waals surface area contributed by atoms with E-state index in [0.29, 0.717) is 12.8 Å². The quantitative estimate of drug-likeness (QED) is 0.210. The van der Waals surface area contributed by atoms with Crippen molar-refractivity contribution in [3.63, 3.8) is 0 Å². The van der Waals surface area contributed by atoms with E-state index in [9.17, 15) is 14.4 Å². The second kappa shape index (κ2) is 10.3. The number of carbonyl (C=O) groups excluding carboxylic acids is 3. The van der Waals surface area contributed by atoms with Crippen molar-refractivity contribution in [2.24, 2.45) is 5.92 Å². The van der Waals surface area contributed by atoms with Gasteiger partial charge in [-0.3, -0.25) is 9.59 Å². The zero-order valence-electron chi connectivity index (χ0n) is 15.4. The number of ether oxygens (including phenoxy) is 3. The number of quaternary nitrogens is 1. The molecular weight excluding hydrogens is 441 g/mol. The van der Waals surface area contributed by atoms with E-state index in [1.54, 1.807) is 12.2 Å². The van der Waals surface area contributed by atoms with Gasteiger partial charge < -0.3 is 14.2 Å². The molecule has 8 heteroatoms. The number of primary amides is 1. The maximum Gasteiger partial charge on any atom is 0.513 e. The lowest BCUT2D eigenvalue weighted by atomic mass is 9.86. The molecular formula is C17H29INO6+. The van der Waals surface area contributed by atoms with Crippen LogP contribution in [0.5, 0.6) is 0 Å². The number of rotatable bonds is 6. The Labute approximate surface area is 162 Å². The fraction of sp³-hybridized carbons (Fsp3) is 0.824. The average molecular weight is 470 g/mol. The second-order valence-corrected chi connectivity index (χ2v) is 9.13. The molecule has 0 aromatic heterocycles. The fourth-order valence-corrected chi connectivity index (χ4v) is 2.75. The number of hydrogen-bond acceptors (Lipinski definition) is 6. The SMILES string of the molecule is CC(I)C(=O)OCCOC(=O)C1CCC([NH2+]C(=O)OC(C)(C)C)CC1. The van der Waals surface area contributed by atoms with Crippen LogP contribution in [0.1, 0.15) is 53.4 Å². The molecule has 1 saturated carbocycles. The first-order valence-corrected chi connectivity index (χ1v) is 9.88. The van der Waals surface area contributed by atoms with Crippen LogP contribution in [-0.4, -0.2) is 46.8 Å². The summed E-state index contributed by atoms with van der Waals surface area (Å²) >= 11 is 1.97. The van der Waals surface area contributed by atoms with Gasteiger partial charge in [0.05, 0.1) is 12.0 Å². The van der Waals surface area contributed by atoms with Gasteiger partial charge in [0, 0.05) is 12.8 Å². The molecule has 0 bridgehead atoms. The minimum Gasteiger partial charge on any atom is -0.462 e. The van der Waals surface area contributed by atoms with E-state index in [1.807, 2.05) is 43.4 Å². The molecule has 0 aliphatic heterocycles. The fourth-order valence-electron chi connectivity index (χ4n) is 2.57. The topological polar surface area (TPSA) is 95.5 Å². The van der Waals surface area contributed by atoms with Crippen molar-refractivity contribution >= 4 is 40.6 Å². The largest absolute Gasteiger partial charge is 0.513 e. The van der Waals surface area contributed by atoms with Crippen molar-refractivity contribution in [1.82, 2.24) is 0 Å². The molecule has 0 aromatic carbocycles. The highest BCUT2D eigenvalue weighted by molar-refractivity contribution is 14.1. The molecule has 0 heterocycles. The third-order valence-corrected chi connectivity index (χ3v) is 4.29. The van der Waals surface area contributed by atoms with E-state index in [-0.39, 0.29) is 47.1 Å². The van der Waals surface area contributed by atoms with Gasteiger partial charge in [0.1, 0.15) is 22.7 Å². The first-order chi connectivity index (χ1) is 11.6. The van der Waals surface area contributed by atoms with Crippen LogP contribution in [0.3, 0.4) is 0 Å². The van der Waals surface area contributed by atoms with E-state index < -0.39 is 5.60 Å². The molecule has 0 radical (unpaired) electrons. The number of carbonyl (C=O) groups is 3. The van der Waals surface area contributed by atoms with E-state index in [4.69, 9.17) is 14.2 Å². The standard InChI is InChI=1S/C17H28INO6/c1-11(18)14(20)23-9-10-24-15(21)12-5-7-13(8-6-12)19-16(22)25-17(2,3)4/h11-13H,5-10H2,1-4H3,(H,19,22)/p+1. The molecule has 7 nitrogen and oxygen atoms in total. The Hall–Kier alpha value is -0.900. The molecule has 1 rings (SSSR count). The van der Waals surface area contributed by atoms with Crippen LogP contribution in [0.4, 0.5) is 4.79 Å². The molecule has 144 valence electrons. The molecule has 1 aliphatic rings. The van der Waals surface area contributed by atoms with Crippen molar-refractivity contribution in [2.75, 3.05) is 13.2 Å². The number of amides is 1. The van der Waals surface area contributed by atoms with Crippen LogP contribution >= 0.6 is 22.6 Å². The smallest absolute Gasteiger partial charge is 0.462 e. The van der Waals surface area contributed by atoms with E-state index >= 15 is 0 Å². The first kappa shape index (κ1) is 22.1. The lowest BCUT2D eigenvalue weighted by Gasteiger charge is -2.26. The summed E-state index contributed by atoms with van der Waals surface area (Å²) in [5.41, 5.74) is -0.493. The van der Waals surface area contributed by atoms with Gasteiger partial charge in [0.2, 0.25) is 0 Å². The van der Waals surface area contributed by atoms with Crippen LogP contribution in [0.2, 0.25) is 0 Å². The number of halogens is 1. The number of nitrogens with two attached hydrogens (primary N) is 1. The molecule has 0 aromatic rings. The Morgan fingerprint density at radius 2 is 1.64 bits per heavy atom. The minimum absolute atomic E-state index is 0.0812. The van der Waals surface area contributed by atoms with Gasteiger partial charge >= 0.3 is 18.0 Å². The summed E-state index contributed by atoms with van der Waals surface area (Å²) in [4.78, 5) is 35.1. The highest BCUT2D eigenvalue weighted by atomic mass is 127. The summed E-state index contributed by atoms with van der Waals surface area (Å²) in [6, 6.07) is 0.144. The van der Waals surface area contributed by atoms with Crippen LogP contribution < -0.4 is 5.32 Å². The Morgan fingerprint density at radius 3 is 2.16 bits per heavy atom. The van der Waals surface area contributed by atoms with Gasteiger partial charge in [0.15, 0.2) is 0 Å². The molecule has 1 aliphatic carbocycles. The Morgan fingerprint density at radius 1 is 1.08 bits per heavy atom. The van der Waals surface area contributed by atoms with Crippen LogP contribution in [0.15, 0.2) is 0 Å². The van der Waals surface area contributed by atoms with E-state index in [0.717, 1.165) is 12.8 Å². The minimum atomic E-state index is -0.493. The maximum absolute atomic E-state index is 12.0. The number of esters is 2. The Balaban J connectivity index is 2.21. The summed E-state index contributed by atoms with van der Waals surface area (Å²) in [6.45, 7) is 7.41. The van der Waals surface area contributed by atoms with Crippen LogP contribution in [0.25, 0.3) is 0 Å². The molecule has 1 amide bonds. The van der Waals surface area contributed by atoms with Crippen molar-refractivity contribution in [3.8, 4) is 0 Å². The molecule has 0 spiro atoms. The zero-order valence-corrected chi connectivity index (χ0v) is 17.5. The summed E-state index contributed by atoms with van der Waals surface area (Å²) in [5, 5.41) is 1.62. The molecule has 25 heavy (non-hydrogen) atoms. The normalized spacial score (nSPS) is 22.0. The second-order valence-electron chi connectivity index (χ2n) is 7.26. The van der Waals surface area contributed by atoms with Gasteiger partial charge in [0.25, 0.3) is 0 Å². The lowest BCUT2D eigenvalue weighted by Crippen LogP contribution is -2.94. The van der Waals surface area contributed by atoms with Gasteiger partial charge in [-0.1, -0.05) is 22.6 Å². The van der Waals surface area contributed by atoms with Crippen molar-refractivity contribution in [3.05, 3.63) is 0 Å². The monoisotopic (exact) mass is 470 g/mol. The third kappa shape index (κ3) is 9.39. The summed E-state index contributed by atoms with van der Waals surface area (Å²) in [7, 11) is 0. The maximum atomic E-state index is 12.0. The van der Waals surface area contributed by atoms with Gasteiger partial charge in [-0.05, 0) is 40.5 Å². The number of hydrogen-bond donors (Lipinski definition) is 1. The summed E-state index contributed by atoms with van der Waals surface area (Å²) in [6.07, 6.45) is 2.60. The van der Waals surface area contributed by atoms with Gasteiger partial charge in [-0.2, -0.15) is 4.79 Å². The number of alkyl halides is 1. The first-order valence-electron chi connectivity index (χ1n) is 8.63. The van der Waals surface area contributed by atoms with E-state index in [1.165, 1.54) is 0 Å². The lowest BCUT2D eigenvalue weighted by molar-refractivity contribution is -0.613.